The van der Waals surface area contributed by atoms with Crippen LogP contribution in [-0.2, 0) is 9.59 Å². The van der Waals surface area contributed by atoms with Gasteiger partial charge in [-0.3, -0.25) is 0 Å². The van der Waals surface area contributed by atoms with E-state index in [0.29, 0.717) is 0 Å². The first kappa shape index (κ1) is 19.1. The van der Waals surface area contributed by atoms with E-state index in [9.17, 15) is 0 Å². The van der Waals surface area contributed by atoms with E-state index in [4.69, 9.17) is 20.4 Å². The Labute approximate surface area is 110 Å². The largest absolute Gasteiger partial charge is 0.231 e. The summed E-state index contributed by atoms with van der Waals surface area (Å²) in [5.41, 5.74) is 0. The van der Waals surface area contributed by atoms with Gasteiger partial charge < -0.3 is 0 Å². The number of carbonyl (C=O) groups excluding carboxylic acids is 2. The van der Waals surface area contributed by atoms with E-state index in [1.54, 1.807) is 0 Å². The molecular formula is C14H26N2O2. The molecule has 0 spiro atoms. The minimum atomic E-state index is 0.750. The average molecular weight is 254 g/mol. The smallest absolute Gasteiger partial charge is 0.222 e. The molecule has 0 aromatic carbocycles. The minimum absolute atomic E-state index is 0.750. The minimum Gasteiger partial charge on any atom is -0.222 e. The number of hydrogen-bond acceptors (Lipinski definition) is 4. The number of hydrogen-bond donors (Lipinski definition) is 2. The summed E-state index contributed by atoms with van der Waals surface area (Å²) >= 11 is 0. The van der Waals surface area contributed by atoms with Crippen molar-refractivity contribution in [2.24, 2.45) is 0 Å². The van der Waals surface area contributed by atoms with Crippen molar-refractivity contribution in [1.82, 2.24) is 0 Å². The summed E-state index contributed by atoms with van der Waals surface area (Å²) in [6, 6.07) is 0. The molecule has 0 bridgehead atoms. The SMILES string of the molecule is C1CCCCC1.C1CCCCC1.N=C=O.N=C=O. The molecule has 2 fully saturated rings. The van der Waals surface area contributed by atoms with Gasteiger partial charge in [0.05, 0.1) is 0 Å². The zero-order valence-electron chi connectivity index (χ0n) is 11.3. The first-order valence-electron chi connectivity index (χ1n) is 6.91. The van der Waals surface area contributed by atoms with Crippen LogP contribution in [0.5, 0.6) is 0 Å². The number of isocyanates is 2. The van der Waals surface area contributed by atoms with Gasteiger partial charge in [0.25, 0.3) is 0 Å². The lowest BCUT2D eigenvalue weighted by atomic mass is 10.0. The molecule has 0 radical (unpaired) electrons. The van der Waals surface area contributed by atoms with Gasteiger partial charge in [-0.25, -0.2) is 20.4 Å². The molecule has 0 atom stereocenters. The van der Waals surface area contributed by atoms with Crippen LogP contribution in [0.1, 0.15) is 77.0 Å². The van der Waals surface area contributed by atoms with Crippen molar-refractivity contribution in [2.45, 2.75) is 77.0 Å². The highest BCUT2D eigenvalue weighted by molar-refractivity contribution is 5.26. The van der Waals surface area contributed by atoms with Crippen molar-refractivity contribution >= 4 is 12.2 Å². The van der Waals surface area contributed by atoms with Gasteiger partial charge in [0.1, 0.15) is 0 Å². The molecule has 0 aliphatic heterocycles. The molecule has 2 aliphatic carbocycles. The van der Waals surface area contributed by atoms with Crippen LogP contribution in [0, 0.1) is 10.8 Å². The van der Waals surface area contributed by atoms with Gasteiger partial charge in [-0.2, -0.15) is 0 Å². The Morgan fingerprint density at radius 1 is 0.444 bits per heavy atom. The van der Waals surface area contributed by atoms with Crippen molar-refractivity contribution in [3.8, 4) is 0 Å². The molecule has 2 aliphatic rings. The molecule has 0 aromatic rings. The van der Waals surface area contributed by atoms with Crippen LogP contribution >= 0.6 is 0 Å². The average Bonchev–Trinajstić information content (AvgIpc) is 2.45. The van der Waals surface area contributed by atoms with Crippen LogP contribution in [0.15, 0.2) is 0 Å². The van der Waals surface area contributed by atoms with Crippen LogP contribution in [0.25, 0.3) is 0 Å². The lowest BCUT2D eigenvalue weighted by Gasteiger charge is -2.05. The van der Waals surface area contributed by atoms with Crippen molar-refractivity contribution < 1.29 is 9.59 Å². The molecule has 0 saturated heterocycles. The van der Waals surface area contributed by atoms with Crippen molar-refractivity contribution in [1.29, 1.82) is 10.8 Å². The first-order valence-corrected chi connectivity index (χ1v) is 6.91. The Hall–Kier alpha value is -1.24. The molecular weight excluding hydrogens is 228 g/mol. The van der Waals surface area contributed by atoms with Crippen LogP contribution < -0.4 is 0 Å². The molecule has 2 rings (SSSR count). The summed E-state index contributed by atoms with van der Waals surface area (Å²) in [7, 11) is 0. The van der Waals surface area contributed by atoms with E-state index < -0.39 is 0 Å². The number of rotatable bonds is 0. The van der Waals surface area contributed by atoms with Gasteiger partial charge in [-0.05, 0) is 0 Å². The van der Waals surface area contributed by atoms with E-state index in [1.807, 2.05) is 0 Å². The van der Waals surface area contributed by atoms with Crippen LogP contribution in [0.2, 0.25) is 0 Å². The van der Waals surface area contributed by atoms with E-state index >= 15 is 0 Å². The van der Waals surface area contributed by atoms with Crippen molar-refractivity contribution in [3.63, 3.8) is 0 Å². The Morgan fingerprint density at radius 3 is 0.556 bits per heavy atom. The second-order valence-electron chi connectivity index (χ2n) is 4.45. The highest BCUT2D eigenvalue weighted by Gasteiger charge is 1.96. The lowest BCUT2D eigenvalue weighted by molar-refractivity contribution is 0.504. The number of nitrogens with one attached hydrogen (secondary N) is 2. The second-order valence-corrected chi connectivity index (χ2v) is 4.45. The Kier molecular flexibility index (Phi) is 22.4. The molecule has 4 heteroatoms. The zero-order chi connectivity index (χ0) is 13.9. The quantitative estimate of drug-likeness (QED) is 0.493. The molecule has 0 amide bonds. The summed E-state index contributed by atoms with van der Waals surface area (Å²) < 4.78 is 0. The third-order valence-electron chi connectivity index (χ3n) is 3.00. The first-order chi connectivity index (χ1) is 8.83. The van der Waals surface area contributed by atoms with Gasteiger partial charge in [-0.1, -0.05) is 77.0 Å². The van der Waals surface area contributed by atoms with Crippen molar-refractivity contribution in [2.75, 3.05) is 0 Å². The molecule has 0 heterocycles. The van der Waals surface area contributed by atoms with E-state index in [2.05, 4.69) is 0 Å². The maximum absolute atomic E-state index is 8.35. The Balaban J connectivity index is 0. The van der Waals surface area contributed by atoms with E-state index in [0.717, 1.165) is 12.2 Å². The van der Waals surface area contributed by atoms with Gasteiger partial charge in [-0.15, -0.1) is 0 Å². The molecule has 0 unspecified atom stereocenters. The van der Waals surface area contributed by atoms with Crippen molar-refractivity contribution in [3.05, 3.63) is 0 Å². The zero-order valence-corrected chi connectivity index (χ0v) is 11.3. The molecule has 4 nitrogen and oxygen atoms in total. The predicted octanol–water partition coefficient (Wildman–Crippen LogP) is 4.48. The van der Waals surface area contributed by atoms with Gasteiger partial charge >= 0.3 is 0 Å². The summed E-state index contributed by atoms with van der Waals surface area (Å²) in [6.45, 7) is 0. The van der Waals surface area contributed by atoms with Gasteiger partial charge in [0.2, 0.25) is 12.2 Å². The second kappa shape index (κ2) is 21.1. The lowest BCUT2D eigenvalue weighted by Crippen LogP contribution is -1.85. The topological polar surface area (TPSA) is 81.8 Å². The van der Waals surface area contributed by atoms with Crippen LogP contribution in [-0.4, -0.2) is 12.2 Å². The predicted molar refractivity (Wildman–Crippen MR) is 72.2 cm³/mol. The molecule has 0 aromatic heterocycles. The fourth-order valence-electron chi connectivity index (χ4n) is 2.12. The maximum atomic E-state index is 8.35. The highest BCUT2D eigenvalue weighted by Crippen LogP contribution is 2.15. The molecule has 2 N–H and O–H groups in total. The molecule has 104 valence electrons. The normalized spacial score (nSPS) is 16.9. The summed E-state index contributed by atoms with van der Waals surface area (Å²) in [5, 5.41) is 10.8. The Morgan fingerprint density at radius 2 is 0.500 bits per heavy atom. The third kappa shape index (κ3) is 24.1. The Bertz CT molecular complexity index is 163. The summed E-state index contributed by atoms with van der Waals surface area (Å²) in [4.78, 5) is 16.7. The summed E-state index contributed by atoms with van der Waals surface area (Å²) in [5.74, 6) is 0. The van der Waals surface area contributed by atoms with Gasteiger partial charge in [0.15, 0.2) is 0 Å². The van der Waals surface area contributed by atoms with Crippen LogP contribution in [0.4, 0.5) is 0 Å². The monoisotopic (exact) mass is 254 g/mol. The van der Waals surface area contributed by atoms with E-state index in [1.165, 1.54) is 77.0 Å². The fourth-order valence-corrected chi connectivity index (χ4v) is 2.12. The van der Waals surface area contributed by atoms with E-state index in [-0.39, 0.29) is 0 Å². The third-order valence-corrected chi connectivity index (χ3v) is 3.00. The summed E-state index contributed by atoms with van der Waals surface area (Å²) in [6.07, 6.45) is 19.5. The van der Waals surface area contributed by atoms with Gasteiger partial charge in [0, 0.05) is 0 Å². The molecule has 18 heavy (non-hydrogen) atoms. The maximum Gasteiger partial charge on any atom is 0.231 e. The molecule has 2 saturated carbocycles. The fraction of sp³-hybridized carbons (Fsp3) is 0.857. The standard InChI is InChI=1S/2C6H12.2CHNO/c2*1-2-4-6-5-3-1;2*2-1-3/h2*1-6H2;2*2H. The highest BCUT2D eigenvalue weighted by atomic mass is 16.1. The van der Waals surface area contributed by atoms with Crippen LogP contribution in [0.3, 0.4) is 0 Å².